The van der Waals surface area contributed by atoms with E-state index in [1.807, 2.05) is 24.3 Å². The number of halogens is 1. The molecule has 1 atom stereocenters. The van der Waals surface area contributed by atoms with Crippen LogP contribution in [0.5, 0.6) is 0 Å². The van der Waals surface area contributed by atoms with Crippen LogP contribution >= 0.6 is 15.9 Å². The number of nitrogens with zero attached hydrogens (tertiary/aromatic N) is 1. The molecule has 1 aromatic carbocycles. The monoisotopic (exact) mass is 254 g/mol. The summed E-state index contributed by atoms with van der Waals surface area (Å²) in [5.74, 6) is 0. The van der Waals surface area contributed by atoms with Gasteiger partial charge in [0.05, 0.1) is 5.71 Å². The van der Waals surface area contributed by atoms with E-state index in [1.54, 1.807) is 0 Å². The number of rotatable bonds is 2. The van der Waals surface area contributed by atoms with Crippen molar-refractivity contribution < 1.29 is 4.84 Å². The Morgan fingerprint density at radius 2 is 2.14 bits per heavy atom. The van der Waals surface area contributed by atoms with Gasteiger partial charge in [-0.1, -0.05) is 33.2 Å². The smallest absolute Gasteiger partial charge is 0.157 e. The van der Waals surface area contributed by atoms with Gasteiger partial charge in [-0.2, -0.15) is 0 Å². The molecule has 0 aliphatic carbocycles. The Kier molecular flexibility index (Phi) is 2.84. The zero-order valence-corrected chi connectivity index (χ0v) is 9.20. The van der Waals surface area contributed by atoms with Crippen LogP contribution in [0.1, 0.15) is 18.1 Å². The average Bonchev–Trinajstić information content (AvgIpc) is 2.67. The summed E-state index contributed by atoms with van der Waals surface area (Å²) in [6, 6.07) is 8.06. The summed E-state index contributed by atoms with van der Waals surface area (Å²) in [5, 5.41) is 3.91. The molecule has 0 saturated carbocycles. The third-order valence-corrected chi connectivity index (χ3v) is 2.74. The molecule has 0 fully saturated rings. The van der Waals surface area contributed by atoms with Crippen molar-refractivity contribution in [1.82, 2.24) is 0 Å². The Hall–Kier alpha value is -0.870. The molecule has 1 aromatic rings. The number of hydrogen-bond donors (Lipinski definition) is 1. The fourth-order valence-electron chi connectivity index (χ4n) is 1.40. The van der Waals surface area contributed by atoms with E-state index in [-0.39, 0.29) is 6.10 Å². The van der Waals surface area contributed by atoms with Gasteiger partial charge in [-0.25, -0.2) is 0 Å². The first kappa shape index (κ1) is 9.68. The summed E-state index contributed by atoms with van der Waals surface area (Å²) in [6.45, 7) is 0.479. The zero-order chi connectivity index (χ0) is 9.97. The molecule has 3 nitrogen and oxygen atoms in total. The summed E-state index contributed by atoms with van der Waals surface area (Å²) in [6.07, 6.45) is 0.847. The van der Waals surface area contributed by atoms with E-state index < -0.39 is 0 Å². The van der Waals surface area contributed by atoms with Gasteiger partial charge in [0.25, 0.3) is 0 Å². The predicted octanol–water partition coefficient (Wildman–Crippen LogP) is 2.23. The molecule has 1 unspecified atom stereocenters. The van der Waals surface area contributed by atoms with Gasteiger partial charge in [-0.3, -0.25) is 0 Å². The summed E-state index contributed by atoms with van der Waals surface area (Å²) in [7, 11) is 0. The van der Waals surface area contributed by atoms with Crippen LogP contribution < -0.4 is 5.73 Å². The molecule has 1 heterocycles. The van der Waals surface area contributed by atoms with Crippen LogP contribution in [0, 0.1) is 0 Å². The second-order valence-electron chi connectivity index (χ2n) is 3.21. The Labute approximate surface area is 91.1 Å². The minimum absolute atomic E-state index is 0.0432. The molecule has 2 rings (SSSR count). The molecule has 2 N–H and O–H groups in total. The van der Waals surface area contributed by atoms with Gasteiger partial charge in [-0.05, 0) is 17.7 Å². The standard InChI is InChI=1S/C10H11BrN2O/c11-8-3-1-7(2-4-8)10-5-9(6-12)13-14-10/h1-4,10H,5-6,12H2. The quantitative estimate of drug-likeness (QED) is 0.880. The van der Waals surface area contributed by atoms with Crippen molar-refractivity contribution in [2.45, 2.75) is 12.5 Å². The lowest BCUT2D eigenvalue weighted by Gasteiger charge is -2.07. The van der Waals surface area contributed by atoms with Gasteiger partial charge in [-0.15, -0.1) is 0 Å². The summed E-state index contributed by atoms with van der Waals surface area (Å²) >= 11 is 3.39. The molecule has 1 aliphatic heterocycles. The molecule has 0 saturated heterocycles. The molecular weight excluding hydrogens is 244 g/mol. The molecule has 4 heteroatoms. The first-order chi connectivity index (χ1) is 6.79. The normalized spacial score (nSPS) is 20.4. The van der Waals surface area contributed by atoms with Crippen LogP contribution in [0.15, 0.2) is 33.9 Å². The van der Waals surface area contributed by atoms with E-state index in [4.69, 9.17) is 10.6 Å². The minimum atomic E-state index is 0.0432. The number of nitrogens with two attached hydrogens (primary N) is 1. The van der Waals surface area contributed by atoms with Crippen molar-refractivity contribution >= 4 is 21.6 Å². The van der Waals surface area contributed by atoms with E-state index in [0.717, 1.165) is 22.2 Å². The topological polar surface area (TPSA) is 47.6 Å². The highest BCUT2D eigenvalue weighted by molar-refractivity contribution is 9.10. The van der Waals surface area contributed by atoms with Gasteiger partial charge in [0.1, 0.15) is 0 Å². The maximum Gasteiger partial charge on any atom is 0.157 e. The summed E-state index contributed by atoms with van der Waals surface area (Å²) in [5.41, 5.74) is 7.55. The third-order valence-electron chi connectivity index (χ3n) is 2.21. The molecular formula is C10H11BrN2O. The van der Waals surface area contributed by atoms with Crippen LogP contribution in [-0.4, -0.2) is 12.3 Å². The average molecular weight is 255 g/mol. The van der Waals surface area contributed by atoms with Crippen LogP contribution in [-0.2, 0) is 4.84 Å². The molecule has 0 aromatic heterocycles. The van der Waals surface area contributed by atoms with Crippen molar-refractivity contribution in [2.75, 3.05) is 6.54 Å². The van der Waals surface area contributed by atoms with Gasteiger partial charge in [0, 0.05) is 17.4 Å². The van der Waals surface area contributed by atoms with E-state index in [0.29, 0.717) is 6.54 Å². The predicted molar refractivity (Wildman–Crippen MR) is 59.1 cm³/mol. The number of hydrogen-bond acceptors (Lipinski definition) is 3. The Morgan fingerprint density at radius 3 is 2.71 bits per heavy atom. The maximum absolute atomic E-state index is 5.48. The van der Waals surface area contributed by atoms with Crippen molar-refractivity contribution in [3.05, 3.63) is 34.3 Å². The lowest BCUT2D eigenvalue weighted by molar-refractivity contribution is 0.0857. The lowest BCUT2D eigenvalue weighted by Crippen LogP contribution is -2.12. The van der Waals surface area contributed by atoms with Crippen molar-refractivity contribution in [1.29, 1.82) is 0 Å². The van der Waals surface area contributed by atoms with Gasteiger partial charge in [0.2, 0.25) is 0 Å². The molecule has 74 valence electrons. The Balaban J connectivity index is 2.08. The van der Waals surface area contributed by atoms with Crippen molar-refractivity contribution in [3.63, 3.8) is 0 Å². The molecule has 0 amide bonds. The zero-order valence-electron chi connectivity index (χ0n) is 7.61. The fraction of sp³-hybridized carbons (Fsp3) is 0.300. The Morgan fingerprint density at radius 1 is 1.43 bits per heavy atom. The van der Waals surface area contributed by atoms with Gasteiger partial charge >= 0.3 is 0 Å². The fourth-order valence-corrected chi connectivity index (χ4v) is 1.67. The molecule has 1 aliphatic rings. The van der Waals surface area contributed by atoms with Crippen LogP contribution in [0.2, 0.25) is 0 Å². The highest BCUT2D eigenvalue weighted by Crippen LogP contribution is 2.27. The third kappa shape index (κ3) is 1.96. The van der Waals surface area contributed by atoms with Crippen LogP contribution in [0.25, 0.3) is 0 Å². The maximum atomic E-state index is 5.48. The second kappa shape index (κ2) is 4.11. The lowest BCUT2D eigenvalue weighted by atomic mass is 10.1. The van der Waals surface area contributed by atoms with E-state index in [9.17, 15) is 0 Å². The highest BCUT2D eigenvalue weighted by atomic mass is 79.9. The van der Waals surface area contributed by atoms with E-state index in [2.05, 4.69) is 21.1 Å². The van der Waals surface area contributed by atoms with Gasteiger partial charge in [0.15, 0.2) is 6.10 Å². The largest absolute Gasteiger partial charge is 0.387 e. The first-order valence-corrected chi connectivity index (χ1v) is 5.26. The minimum Gasteiger partial charge on any atom is -0.387 e. The van der Waals surface area contributed by atoms with E-state index >= 15 is 0 Å². The van der Waals surface area contributed by atoms with Crippen LogP contribution in [0.4, 0.5) is 0 Å². The number of oxime groups is 1. The van der Waals surface area contributed by atoms with E-state index in [1.165, 1.54) is 0 Å². The molecule has 14 heavy (non-hydrogen) atoms. The Bertz CT molecular complexity index is 348. The van der Waals surface area contributed by atoms with Crippen molar-refractivity contribution in [2.24, 2.45) is 10.9 Å². The number of benzene rings is 1. The molecule has 0 bridgehead atoms. The highest BCUT2D eigenvalue weighted by Gasteiger charge is 2.21. The molecule has 0 spiro atoms. The van der Waals surface area contributed by atoms with Gasteiger partial charge < -0.3 is 10.6 Å². The summed E-state index contributed by atoms with van der Waals surface area (Å²) < 4.78 is 1.07. The molecule has 0 radical (unpaired) electrons. The SMILES string of the molecule is NCC1=NOC(c2ccc(Br)cc2)C1. The second-order valence-corrected chi connectivity index (χ2v) is 4.13. The van der Waals surface area contributed by atoms with Crippen molar-refractivity contribution in [3.8, 4) is 0 Å². The van der Waals surface area contributed by atoms with Crippen LogP contribution in [0.3, 0.4) is 0 Å². The first-order valence-electron chi connectivity index (χ1n) is 4.46. The summed E-state index contributed by atoms with van der Waals surface area (Å²) in [4.78, 5) is 5.28.